The Kier molecular flexibility index (Phi) is 3.38. The van der Waals surface area contributed by atoms with E-state index in [0.717, 1.165) is 37.8 Å². The molecule has 4 heterocycles. The van der Waals surface area contributed by atoms with E-state index in [1.807, 2.05) is 18.3 Å². The molecule has 0 bridgehead atoms. The lowest BCUT2D eigenvalue weighted by molar-refractivity contribution is 0.198. The molecule has 0 saturated carbocycles. The van der Waals surface area contributed by atoms with Gasteiger partial charge in [-0.25, -0.2) is 4.98 Å². The quantitative estimate of drug-likeness (QED) is 0.913. The van der Waals surface area contributed by atoms with E-state index >= 15 is 0 Å². The molecule has 2 saturated heterocycles. The van der Waals surface area contributed by atoms with Gasteiger partial charge in [-0.05, 0) is 24.1 Å². The molecule has 2 fully saturated rings. The number of aromatic nitrogens is 3. The van der Waals surface area contributed by atoms with E-state index in [4.69, 9.17) is 0 Å². The van der Waals surface area contributed by atoms with Crippen LogP contribution in [0.25, 0.3) is 0 Å². The maximum atomic E-state index is 9.66. The summed E-state index contributed by atoms with van der Waals surface area (Å²) in [6.45, 7) is 3.38. The van der Waals surface area contributed by atoms with Crippen molar-refractivity contribution in [1.82, 2.24) is 15.0 Å². The number of hydrogen-bond acceptors (Lipinski definition) is 6. The number of aliphatic hydroxyl groups excluding tert-OH is 1. The zero-order valence-corrected chi connectivity index (χ0v) is 12.3. The second-order valence-corrected chi connectivity index (χ2v) is 5.99. The molecule has 6 nitrogen and oxygen atoms in total. The molecule has 4 rings (SSSR count). The predicted molar refractivity (Wildman–Crippen MR) is 84.1 cm³/mol. The van der Waals surface area contributed by atoms with Gasteiger partial charge in [0.15, 0.2) is 0 Å². The van der Waals surface area contributed by atoms with E-state index in [9.17, 15) is 5.11 Å². The molecule has 114 valence electrons. The first-order valence-electron chi connectivity index (χ1n) is 7.70. The topological polar surface area (TPSA) is 65.4 Å². The van der Waals surface area contributed by atoms with Crippen LogP contribution in [0.4, 0.5) is 11.8 Å². The Morgan fingerprint density at radius 2 is 2.00 bits per heavy atom. The maximum absolute atomic E-state index is 9.66. The third kappa shape index (κ3) is 2.50. The minimum atomic E-state index is -0.239. The fraction of sp³-hybridized carbons (Fsp3) is 0.438. The van der Waals surface area contributed by atoms with Crippen LogP contribution >= 0.6 is 0 Å². The van der Waals surface area contributed by atoms with E-state index in [2.05, 4.69) is 30.8 Å². The zero-order valence-electron chi connectivity index (χ0n) is 12.3. The van der Waals surface area contributed by atoms with Crippen LogP contribution in [0.15, 0.2) is 36.8 Å². The average molecular weight is 297 g/mol. The molecule has 22 heavy (non-hydrogen) atoms. The Morgan fingerprint density at radius 1 is 1.09 bits per heavy atom. The lowest BCUT2D eigenvalue weighted by Crippen LogP contribution is -2.46. The van der Waals surface area contributed by atoms with Crippen molar-refractivity contribution in [3.8, 4) is 0 Å². The van der Waals surface area contributed by atoms with E-state index in [1.54, 1.807) is 12.4 Å². The maximum Gasteiger partial charge on any atom is 0.227 e. The molecule has 1 atom stereocenters. The fourth-order valence-electron chi connectivity index (χ4n) is 3.09. The lowest BCUT2D eigenvalue weighted by Gasteiger charge is -2.39. The van der Waals surface area contributed by atoms with Crippen molar-refractivity contribution < 1.29 is 5.11 Å². The van der Waals surface area contributed by atoms with Gasteiger partial charge in [0.2, 0.25) is 5.95 Å². The number of β-amino-alcohol motifs (C(OH)–C–C–N with tert-alkyl or cyclic N) is 1. The van der Waals surface area contributed by atoms with Crippen molar-refractivity contribution in [2.45, 2.75) is 18.4 Å². The van der Waals surface area contributed by atoms with Crippen molar-refractivity contribution in [2.24, 2.45) is 0 Å². The van der Waals surface area contributed by atoms with E-state index in [0.29, 0.717) is 12.5 Å². The van der Waals surface area contributed by atoms with Gasteiger partial charge in [0.05, 0.1) is 6.10 Å². The summed E-state index contributed by atoms with van der Waals surface area (Å²) >= 11 is 0. The highest BCUT2D eigenvalue weighted by Crippen LogP contribution is 2.30. The van der Waals surface area contributed by atoms with Gasteiger partial charge in [-0.3, -0.25) is 4.98 Å². The third-order valence-electron chi connectivity index (χ3n) is 4.44. The van der Waals surface area contributed by atoms with Gasteiger partial charge in [-0.15, -0.1) is 0 Å². The lowest BCUT2D eigenvalue weighted by atomic mass is 9.93. The van der Waals surface area contributed by atoms with E-state index in [-0.39, 0.29) is 6.10 Å². The molecular formula is C16H19N5O. The van der Waals surface area contributed by atoms with Crippen LogP contribution in [-0.4, -0.2) is 52.3 Å². The summed E-state index contributed by atoms with van der Waals surface area (Å²) in [4.78, 5) is 17.5. The van der Waals surface area contributed by atoms with Crippen LogP contribution in [0.2, 0.25) is 0 Å². The van der Waals surface area contributed by atoms with Crippen molar-refractivity contribution in [3.63, 3.8) is 0 Å². The molecule has 2 aliphatic rings. The molecular weight excluding hydrogens is 278 g/mol. The molecule has 1 N–H and O–H groups in total. The van der Waals surface area contributed by atoms with Gasteiger partial charge < -0.3 is 14.9 Å². The molecule has 2 aliphatic heterocycles. The van der Waals surface area contributed by atoms with Crippen molar-refractivity contribution in [2.75, 3.05) is 36.0 Å². The van der Waals surface area contributed by atoms with Crippen LogP contribution in [0.3, 0.4) is 0 Å². The van der Waals surface area contributed by atoms with Crippen molar-refractivity contribution in [3.05, 3.63) is 42.4 Å². The van der Waals surface area contributed by atoms with Crippen LogP contribution in [0, 0.1) is 0 Å². The zero-order chi connectivity index (χ0) is 14.9. The monoisotopic (exact) mass is 297 g/mol. The Hall–Kier alpha value is -2.21. The second-order valence-electron chi connectivity index (χ2n) is 5.99. The standard InChI is InChI=1S/C16H19N5O/c22-14-4-7-20(11-14)15-3-6-18-16(19-15)21-9-13(10-21)12-2-1-5-17-8-12/h1-3,5-6,8,13-14,22H,4,7,9-11H2. The Labute approximate surface area is 129 Å². The predicted octanol–water partition coefficient (Wildman–Crippen LogP) is 1.05. The number of pyridine rings is 1. The number of rotatable bonds is 3. The molecule has 1 unspecified atom stereocenters. The highest BCUT2D eigenvalue weighted by atomic mass is 16.3. The summed E-state index contributed by atoms with van der Waals surface area (Å²) in [6.07, 6.45) is 6.12. The fourth-order valence-corrected chi connectivity index (χ4v) is 3.09. The summed E-state index contributed by atoms with van der Waals surface area (Å²) in [5, 5.41) is 9.66. The second kappa shape index (κ2) is 5.53. The Morgan fingerprint density at radius 3 is 2.73 bits per heavy atom. The molecule has 0 spiro atoms. The third-order valence-corrected chi connectivity index (χ3v) is 4.44. The highest BCUT2D eigenvalue weighted by Gasteiger charge is 2.30. The SMILES string of the molecule is OC1CCN(c2ccnc(N3CC(c4cccnc4)C3)n2)C1. The minimum absolute atomic E-state index is 0.239. The number of anilines is 2. The van der Waals surface area contributed by atoms with Gasteiger partial charge >= 0.3 is 0 Å². The van der Waals surface area contributed by atoms with E-state index < -0.39 is 0 Å². The molecule has 0 amide bonds. The normalized spacial score (nSPS) is 22.0. The summed E-state index contributed by atoms with van der Waals surface area (Å²) in [5.74, 6) is 2.19. The largest absolute Gasteiger partial charge is 0.391 e. The van der Waals surface area contributed by atoms with Gasteiger partial charge in [-0.2, -0.15) is 4.98 Å². The Bertz CT molecular complexity index is 644. The smallest absolute Gasteiger partial charge is 0.227 e. The molecule has 2 aromatic rings. The number of nitrogens with zero attached hydrogens (tertiary/aromatic N) is 5. The molecule has 0 aliphatic carbocycles. The first kappa shape index (κ1) is 13.5. The average Bonchev–Trinajstić information content (AvgIpc) is 2.94. The van der Waals surface area contributed by atoms with Gasteiger partial charge in [0.1, 0.15) is 5.82 Å². The van der Waals surface area contributed by atoms with Gasteiger partial charge in [-0.1, -0.05) is 6.07 Å². The van der Waals surface area contributed by atoms with Gasteiger partial charge in [0, 0.05) is 50.7 Å². The van der Waals surface area contributed by atoms with Crippen LogP contribution in [0.5, 0.6) is 0 Å². The minimum Gasteiger partial charge on any atom is -0.391 e. The van der Waals surface area contributed by atoms with Crippen molar-refractivity contribution in [1.29, 1.82) is 0 Å². The first-order chi connectivity index (χ1) is 10.8. The summed E-state index contributed by atoms with van der Waals surface area (Å²) in [5.41, 5.74) is 1.28. The summed E-state index contributed by atoms with van der Waals surface area (Å²) in [7, 11) is 0. The molecule has 6 heteroatoms. The molecule has 0 radical (unpaired) electrons. The summed E-state index contributed by atoms with van der Waals surface area (Å²) in [6, 6.07) is 6.02. The van der Waals surface area contributed by atoms with Crippen LogP contribution in [-0.2, 0) is 0 Å². The highest BCUT2D eigenvalue weighted by molar-refractivity contribution is 5.47. The molecule has 0 aromatic carbocycles. The number of aliphatic hydroxyl groups is 1. The Balaban J connectivity index is 1.44. The first-order valence-corrected chi connectivity index (χ1v) is 7.70. The van der Waals surface area contributed by atoms with Crippen LogP contribution < -0.4 is 9.80 Å². The van der Waals surface area contributed by atoms with Crippen molar-refractivity contribution >= 4 is 11.8 Å². The molecule has 2 aromatic heterocycles. The summed E-state index contributed by atoms with van der Waals surface area (Å²) < 4.78 is 0. The van der Waals surface area contributed by atoms with Gasteiger partial charge in [0.25, 0.3) is 0 Å². The number of hydrogen-bond donors (Lipinski definition) is 1. The van der Waals surface area contributed by atoms with Crippen LogP contribution in [0.1, 0.15) is 17.9 Å². The van der Waals surface area contributed by atoms with E-state index in [1.165, 1.54) is 5.56 Å².